The molecule has 26 heavy (non-hydrogen) atoms. The van der Waals surface area contributed by atoms with E-state index in [1.54, 1.807) is 7.11 Å². The van der Waals surface area contributed by atoms with Crippen molar-refractivity contribution in [2.75, 3.05) is 53.0 Å². The Hall–Kier alpha value is -1.64. The average molecular weight is 365 g/mol. The van der Waals surface area contributed by atoms with E-state index >= 15 is 0 Å². The number of hydrogen-bond acceptors (Lipinski definition) is 5. The Balaban J connectivity index is 1.46. The highest BCUT2D eigenvalue weighted by atomic mass is 16.5. The molecule has 0 radical (unpaired) electrons. The first-order valence-electron chi connectivity index (χ1n) is 9.60. The molecule has 3 rings (SSSR count). The van der Waals surface area contributed by atoms with Gasteiger partial charge in [-0.25, -0.2) is 4.79 Å². The second-order valence-electron chi connectivity index (χ2n) is 6.99. The first-order valence-corrected chi connectivity index (χ1v) is 9.60. The van der Waals surface area contributed by atoms with E-state index in [9.17, 15) is 4.79 Å². The molecule has 0 aliphatic carbocycles. The molecule has 1 N–H and O–H groups in total. The smallest absolute Gasteiger partial charge is 0.317 e. The minimum atomic E-state index is -0.0920. The number of aryl methyl sites for hydroxylation is 1. The summed E-state index contributed by atoms with van der Waals surface area (Å²) in [6.07, 6.45) is 5.73. The molecule has 0 saturated carbocycles. The number of amides is 2. The zero-order chi connectivity index (χ0) is 18.4. The third kappa shape index (κ3) is 4.96. The predicted molar refractivity (Wildman–Crippen MR) is 98.0 cm³/mol. The van der Waals surface area contributed by atoms with Crippen LogP contribution in [0.25, 0.3) is 0 Å². The van der Waals surface area contributed by atoms with Crippen molar-refractivity contribution in [2.45, 2.75) is 38.5 Å². The van der Waals surface area contributed by atoms with E-state index in [0.717, 1.165) is 51.2 Å². The maximum Gasteiger partial charge on any atom is 0.317 e. The number of carbonyl (C=O) groups is 1. The zero-order valence-corrected chi connectivity index (χ0v) is 15.9. The Morgan fingerprint density at radius 1 is 1.38 bits per heavy atom. The lowest BCUT2D eigenvalue weighted by Crippen LogP contribution is -2.52. The molecule has 2 amide bonds. The molecular formula is C18H31N5O3. The zero-order valence-electron chi connectivity index (χ0n) is 15.9. The van der Waals surface area contributed by atoms with Crippen molar-refractivity contribution in [2.24, 2.45) is 0 Å². The van der Waals surface area contributed by atoms with Crippen LogP contribution in [0.15, 0.2) is 12.4 Å². The van der Waals surface area contributed by atoms with E-state index < -0.39 is 0 Å². The average Bonchev–Trinajstić information content (AvgIpc) is 3.17. The molecule has 2 fully saturated rings. The Labute approximate surface area is 155 Å². The number of aromatic nitrogens is 2. The first kappa shape index (κ1) is 19.1. The second-order valence-corrected chi connectivity index (χ2v) is 6.99. The highest BCUT2D eigenvalue weighted by Gasteiger charge is 2.28. The number of hydrogen-bond donors (Lipinski definition) is 1. The van der Waals surface area contributed by atoms with E-state index in [0.29, 0.717) is 19.7 Å². The number of methoxy groups -OCH3 is 1. The molecule has 146 valence electrons. The molecular weight excluding hydrogens is 334 g/mol. The fourth-order valence-electron chi connectivity index (χ4n) is 3.54. The van der Waals surface area contributed by atoms with Gasteiger partial charge < -0.3 is 24.6 Å². The van der Waals surface area contributed by atoms with Crippen molar-refractivity contribution in [1.29, 1.82) is 0 Å². The highest BCUT2D eigenvalue weighted by Crippen LogP contribution is 2.22. The molecule has 0 bridgehead atoms. The minimum Gasteiger partial charge on any atom is -0.383 e. The SMILES string of the molecule is CCn1cc(C2CN(C(=O)NC3CCN(CCOC)CC3)CCO2)cn1. The predicted octanol–water partition coefficient (Wildman–Crippen LogP) is 1.10. The summed E-state index contributed by atoms with van der Waals surface area (Å²) in [5, 5.41) is 7.51. The number of piperidine rings is 1. The topological polar surface area (TPSA) is 71.9 Å². The Morgan fingerprint density at radius 3 is 2.88 bits per heavy atom. The monoisotopic (exact) mass is 365 g/mol. The third-order valence-corrected chi connectivity index (χ3v) is 5.23. The summed E-state index contributed by atoms with van der Waals surface area (Å²) in [5.74, 6) is 0. The van der Waals surface area contributed by atoms with Gasteiger partial charge in [0.05, 0.1) is 26.0 Å². The van der Waals surface area contributed by atoms with Gasteiger partial charge in [0.2, 0.25) is 0 Å². The molecule has 0 spiro atoms. The van der Waals surface area contributed by atoms with Crippen molar-refractivity contribution in [3.63, 3.8) is 0 Å². The molecule has 8 heteroatoms. The Bertz CT molecular complexity index is 571. The Morgan fingerprint density at radius 2 is 2.19 bits per heavy atom. The molecule has 2 aliphatic rings. The molecule has 1 aromatic rings. The molecule has 2 saturated heterocycles. The molecule has 1 aromatic heterocycles. The molecule has 0 aromatic carbocycles. The van der Waals surface area contributed by atoms with Gasteiger partial charge in [-0.3, -0.25) is 4.68 Å². The van der Waals surface area contributed by atoms with Crippen LogP contribution in [0, 0.1) is 0 Å². The number of nitrogens with zero attached hydrogens (tertiary/aromatic N) is 4. The van der Waals surface area contributed by atoms with Crippen molar-refractivity contribution >= 4 is 6.03 Å². The van der Waals surface area contributed by atoms with Crippen molar-refractivity contribution in [3.8, 4) is 0 Å². The summed E-state index contributed by atoms with van der Waals surface area (Å²) in [4.78, 5) is 16.9. The number of urea groups is 1. The van der Waals surface area contributed by atoms with Crippen molar-refractivity contribution in [1.82, 2.24) is 24.9 Å². The van der Waals surface area contributed by atoms with Crippen LogP contribution in [0.3, 0.4) is 0 Å². The summed E-state index contributed by atoms with van der Waals surface area (Å²) in [6, 6.07) is 0.280. The van der Waals surface area contributed by atoms with Gasteiger partial charge in [0, 0.05) is 57.6 Å². The summed E-state index contributed by atoms with van der Waals surface area (Å²) < 4.78 is 12.9. The van der Waals surface area contributed by atoms with Gasteiger partial charge in [-0.15, -0.1) is 0 Å². The normalized spacial score (nSPS) is 22.5. The number of ether oxygens (including phenoxy) is 2. The lowest BCUT2D eigenvalue weighted by Gasteiger charge is -2.36. The van der Waals surface area contributed by atoms with Crippen LogP contribution in [0.5, 0.6) is 0 Å². The fraction of sp³-hybridized carbons (Fsp3) is 0.778. The molecule has 1 unspecified atom stereocenters. The van der Waals surface area contributed by atoms with Crippen molar-refractivity contribution in [3.05, 3.63) is 18.0 Å². The van der Waals surface area contributed by atoms with Crippen LogP contribution in [-0.4, -0.2) is 84.7 Å². The maximum absolute atomic E-state index is 12.7. The van der Waals surface area contributed by atoms with E-state index in [1.807, 2.05) is 22.0 Å². The minimum absolute atomic E-state index is 0.0246. The Kier molecular flexibility index (Phi) is 6.87. The number of nitrogens with one attached hydrogen (secondary N) is 1. The van der Waals surface area contributed by atoms with Gasteiger partial charge in [-0.05, 0) is 19.8 Å². The largest absolute Gasteiger partial charge is 0.383 e. The number of rotatable bonds is 6. The van der Waals surface area contributed by atoms with Crippen molar-refractivity contribution < 1.29 is 14.3 Å². The quantitative estimate of drug-likeness (QED) is 0.817. The van der Waals surface area contributed by atoms with E-state index in [-0.39, 0.29) is 18.2 Å². The second kappa shape index (κ2) is 9.34. The fourth-order valence-corrected chi connectivity index (χ4v) is 3.54. The van der Waals surface area contributed by atoms with Crippen LogP contribution >= 0.6 is 0 Å². The van der Waals surface area contributed by atoms with Crippen LogP contribution in [0.1, 0.15) is 31.4 Å². The lowest BCUT2D eigenvalue weighted by molar-refractivity contribution is -0.0161. The van der Waals surface area contributed by atoms with Crippen LogP contribution in [0.2, 0.25) is 0 Å². The van der Waals surface area contributed by atoms with E-state index in [1.165, 1.54) is 0 Å². The number of likely N-dealkylation sites (tertiary alicyclic amines) is 1. The standard InChI is InChI=1S/C18H31N5O3/c1-3-23-13-15(12-19-23)17-14-22(9-11-26-17)18(24)20-16-4-6-21(7-5-16)8-10-25-2/h12-13,16-17H,3-11,14H2,1-2H3,(H,20,24). The first-order chi connectivity index (χ1) is 12.7. The van der Waals surface area contributed by atoms with Gasteiger partial charge in [0.15, 0.2) is 0 Å². The van der Waals surface area contributed by atoms with Crippen LogP contribution in [0.4, 0.5) is 4.79 Å². The number of carbonyl (C=O) groups excluding carboxylic acids is 1. The third-order valence-electron chi connectivity index (χ3n) is 5.23. The summed E-state index contributed by atoms with van der Waals surface area (Å²) >= 11 is 0. The summed E-state index contributed by atoms with van der Waals surface area (Å²) in [6.45, 7) is 8.41. The number of morpholine rings is 1. The van der Waals surface area contributed by atoms with Gasteiger partial charge in [-0.2, -0.15) is 5.10 Å². The van der Waals surface area contributed by atoms with E-state index in [4.69, 9.17) is 9.47 Å². The lowest BCUT2D eigenvalue weighted by atomic mass is 10.1. The van der Waals surface area contributed by atoms with Gasteiger partial charge in [0.1, 0.15) is 6.10 Å². The van der Waals surface area contributed by atoms with Gasteiger partial charge in [0.25, 0.3) is 0 Å². The van der Waals surface area contributed by atoms with Crippen LogP contribution < -0.4 is 5.32 Å². The summed E-state index contributed by atoms with van der Waals surface area (Å²) in [7, 11) is 1.73. The molecule has 1 atom stereocenters. The van der Waals surface area contributed by atoms with Gasteiger partial charge >= 0.3 is 6.03 Å². The molecule has 8 nitrogen and oxygen atoms in total. The van der Waals surface area contributed by atoms with Gasteiger partial charge in [-0.1, -0.05) is 0 Å². The molecule has 3 heterocycles. The summed E-state index contributed by atoms with van der Waals surface area (Å²) in [5.41, 5.74) is 1.04. The maximum atomic E-state index is 12.7. The van der Waals surface area contributed by atoms with E-state index in [2.05, 4.69) is 22.2 Å². The van der Waals surface area contributed by atoms with Crippen LogP contribution in [-0.2, 0) is 16.0 Å². The highest BCUT2D eigenvalue weighted by molar-refractivity contribution is 5.74. The molecule has 2 aliphatic heterocycles.